The monoisotopic (exact) mass is 372 g/mol. The van der Waals surface area contributed by atoms with Crippen molar-refractivity contribution in [3.63, 3.8) is 0 Å². The van der Waals surface area contributed by atoms with Crippen LogP contribution in [0.1, 0.15) is 57.4 Å². The minimum atomic E-state index is -0.140. The number of nitrogens with one attached hydrogen (secondary N) is 2. The Morgan fingerprint density at radius 3 is 2.37 bits per heavy atom. The average molecular weight is 372 g/mol. The molecule has 7 nitrogen and oxygen atoms in total. The number of hydrogen-bond donors (Lipinski definition) is 2. The molecule has 0 saturated heterocycles. The van der Waals surface area contributed by atoms with Gasteiger partial charge in [-0.15, -0.1) is 0 Å². The van der Waals surface area contributed by atoms with Crippen molar-refractivity contribution < 1.29 is 14.1 Å². The van der Waals surface area contributed by atoms with Crippen LogP contribution in [0.15, 0.2) is 28.8 Å². The van der Waals surface area contributed by atoms with E-state index < -0.39 is 0 Å². The van der Waals surface area contributed by atoms with Crippen molar-refractivity contribution in [3.05, 3.63) is 35.7 Å². The lowest BCUT2D eigenvalue weighted by molar-refractivity contribution is -0.122. The molecule has 1 heterocycles. The molecular formula is C20H28N4O3. The zero-order valence-corrected chi connectivity index (χ0v) is 16.2. The molecule has 2 amide bonds. The van der Waals surface area contributed by atoms with Crippen molar-refractivity contribution in [2.75, 3.05) is 13.1 Å². The lowest BCUT2D eigenvalue weighted by atomic mass is 10.0. The third kappa shape index (κ3) is 6.84. The van der Waals surface area contributed by atoms with Crippen LogP contribution in [0, 0.1) is 0 Å². The SMILES string of the molecule is CCCNC(=O)CCNC(=O)CCc1nc(-c2ccc(C(C)C)cc2)no1. The van der Waals surface area contributed by atoms with Crippen LogP contribution >= 0.6 is 0 Å². The first kappa shape index (κ1) is 20.6. The predicted octanol–water partition coefficient (Wildman–Crippen LogP) is 2.83. The molecule has 1 aromatic heterocycles. The summed E-state index contributed by atoms with van der Waals surface area (Å²) in [5.41, 5.74) is 2.14. The van der Waals surface area contributed by atoms with Crippen molar-refractivity contribution in [1.82, 2.24) is 20.8 Å². The molecule has 2 N–H and O–H groups in total. The number of carbonyl (C=O) groups excluding carboxylic acids is 2. The van der Waals surface area contributed by atoms with Gasteiger partial charge in [0.15, 0.2) is 0 Å². The highest BCUT2D eigenvalue weighted by atomic mass is 16.5. The van der Waals surface area contributed by atoms with E-state index in [1.54, 1.807) is 0 Å². The highest BCUT2D eigenvalue weighted by molar-refractivity contribution is 5.79. The number of nitrogens with zero attached hydrogens (tertiary/aromatic N) is 2. The minimum Gasteiger partial charge on any atom is -0.356 e. The Kier molecular flexibility index (Phi) is 7.98. The highest BCUT2D eigenvalue weighted by Crippen LogP contribution is 2.20. The second-order valence-electron chi connectivity index (χ2n) is 6.74. The summed E-state index contributed by atoms with van der Waals surface area (Å²) in [5, 5.41) is 9.48. The van der Waals surface area contributed by atoms with E-state index in [-0.39, 0.29) is 24.7 Å². The fraction of sp³-hybridized carbons (Fsp3) is 0.500. The Balaban J connectivity index is 1.75. The number of rotatable bonds is 10. The van der Waals surface area contributed by atoms with Crippen molar-refractivity contribution in [3.8, 4) is 11.4 Å². The summed E-state index contributed by atoms with van der Waals surface area (Å²) in [6.45, 7) is 7.26. The van der Waals surface area contributed by atoms with Crippen molar-refractivity contribution >= 4 is 11.8 Å². The van der Waals surface area contributed by atoms with Gasteiger partial charge in [-0.1, -0.05) is 50.2 Å². The van der Waals surface area contributed by atoms with Gasteiger partial charge in [-0.05, 0) is 17.9 Å². The molecule has 0 aliphatic rings. The summed E-state index contributed by atoms with van der Waals surface area (Å²) in [6.07, 6.45) is 1.78. The third-order valence-corrected chi connectivity index (χ3v) is 4.12. The van der Waals surface area contributed by atoms with E-state index in [1.165, 1.54) is 5.56 Å². The first-order chi connectivity index (χ1) is 13.0. The lowest BCUT2D eigenvalue weighted by Gasteiger charge is -2.05. The van der Waals surface area contributed by atoms with E-state index in [4.69, 9.17) is 4.52 Å². The largest absolute Gasteiger partial charge is 0.356 e. The molecule has 0 spiro atoms. The van der Waals surface area contributed by atoms with Gasteiger partial charge in [0.1, 0.15) is 0 Å². The maximum absolute atomic E-state index is 11.9. The molecule has 0 radical (unpaired) electrons. The topological polar surface area (TPSA) is 97.1 Å². The molecule has 1 aromatic carbocycles. The van der Waals surface area contributed by atoms with Crippen LogP contribution in [0.4, 0.5) is 0 Å². The molecule has 0 saturated carbocycles. The van der Waals surface area contributed by atoms with Gasteiger partial charge in [-0.25, -0.2) is 0 Å². The van der Waals surface area contributed by atoms with E-state index in [0.717, 1.165) is 12.0 Å². The van der Waals surface area contributed by atoms with Crippen LogP contribution in [0.3, 0.4) is 0 Å². The normalized spacial score (nSPS) is 10.8. The molecule has 0 aliphatic carbocycles. The first-order valence-corrected chi connectivity index (χ1v) is 9.46. The van der Waals surface area contributed by atoms with Crippen LogP contribution in [-0.2, 0) is 16.0 Å². The molecule has 0 fully saturated rings. The number of carbonyl (C=O) groups is 2. The van der Waals surface area contributed by atoms with Crippen LogP contribution in [0.2, 0.25) is 0 Å². The second kappa shape index (κ2) is 10.4. The molecule has 0 atom stereocenters. The van der Waals surface area contributed by atoms with Gasteiger partial charge in [0.25, 0.3) is 0 Å². The fourth-order valence-electron chi connectivity index (χ4n) is 2.47. The minimum absolute atomic E-state index is 0.0535. The van der Waals surface area contributed by atoms with Gasteiger partial charge in [0, 0.05) is 37.9 Å². The second-order valence-corrected chi connectivity index (χ2v) is 6.74. The fourth-order valence-corrected chi connectivity index (χ4v) is 2.47. The molecule has 0 aliphatic heterocycles. The number of aromatic nitrogens is 2. The Bertz CT molecular complexity index is 738. The van der Waals surface area contributed by atoms with Crippen LogP contribution < -0.4 is 10.6 Å². The lowest BCUT2D eigenvalue weighted by Crippen LogP contribution is -2.31. The van der Waals surface area contributed by atoms with Gasteiger partial charge >= 0.3 is 0 Å². The van der Waals surface area contributed by atoms with E-state index in [1.807, 2.05) is 19.1 Å². The summed E-state index contributed by atoms with van der Waals surface area (Å²) in [5.74, 6) is 1.22. The Morgan fingerprint density at radius 2 is 1.70 bits per heavy atom. The molecule has 2 rings (SSSR count). The standard InChI is InChI=1S/C20H28N4O3/c1-4-12-21-18(26)11-13-22-17(25)9-10-19-23-20(24-27-19)16-7-5-15(6-8-16)14(2)3/h5-8,14H,4,9-13H2,1-3H3,(H,21,26)(H,22,25). The predicted molar refractivity (Wildman–Crippen MR) is 103 cm³/mol. The third-order valence-electron chi connectivity index (χ3n) is 4.12. The number of hydrogen-bond acceptors (Lipinski definition) is 5. The van der Waals surface area contributed by atoms with E-state index >= 15 is 0 Å². The Morgan fingerprint density at radius 1 is 1.04 bits per heavy atom. The molecule has 146 valence electrons. The van der Waals surface area contributed by atoms with Crippen molar-refractivity contribution in [2.24, 2.45) is 0 Å². The van der Waals surface area contributed by atoms with E-state index in [9.17, 15) is 9.59 Å². The summed E-state index contributed by atoms with van der Waals surface area (Å²) in [4.78, 5) is 27.7. The molecular weight excluding hydrogens is 344 g/mol. The Labute approximate surface area is 159 Å². The Hall–Kier alpha value is -2.70. The van der Waals surface area contributed by atoms with Gasteiger partial charge in [-0.2, -0.15) is 4.98 Å². The van der Waals surface area contributed by atoms with E-state index in [0.29, 0.717) is 37.1 Å². The molecule has 0 unspecified atom stereocenters. The van der Waals surface area contributed by atoms with Gasteiger partial charge in [-0.3, -0.25) is 9.59 Å². The summed E-state index contributed by atoms with van der Waals surface area (Å²) in [7, 11) is 0. The summed E-state index contributed by atoms with van der Waals surface area (Å²) in [6, 6.07) is 8.06. The molecule has 2 aromatic rings. The smallest absolute Gasteiger partial charge is 0.227 e. The number of benzene rings is 1. The van der Waals surface area contributed by atoms with Crippen LogP contribution in [-0.4, -0.2) is 35.0 Å². The average Bonchev–Trinajstić information content (AvgIpc) is 3.14. The van der Waals surface area contributed by atoms with Crippen molar-refractivity contribution in [1.29, 1.82) is 0 Å². The maximum atomic E-state index is 11.9. The van der Waals surface area contributed by atoms with Gasteiger partial charge in [0.2, 0.25) is 23.5 Å². The first-order valence-electron chi connectivity index (χ1n) is 9.46. The van der Waals surface area contributed by atoms with E-state index in [2.05, 4.69) is 46.8 Å². The molecule has 0 bridgehead atoms. The summed E-state index contributed by atoms with van der Waals surface area (Å²) < 4.78 is 5.23. The molecule has 27 heavy (non-hydrogen) atoms. The van der Waals surface area contributed by atoms with Crippen LogP contribution in [0.25, 0.3) is 11.4 Å². The number of amides is 2. The highest BCUT2D eigenvalue weighted by Gasteiger charge is 2.11. The number of aryl methyl sites for hydroxylation is 1. The quantitative estimate of drug-likeness (QED) is 0.668. The van der Waals surface area contributed by atoms with Gasteiger partial charge in [0.05, 0.1) is 0 Å². The zero-order chi connectivity index (χ0) is 19.6. The summed E-state index contributed by atoms with van der Waals surface area (Å²) >= 11 is 0. The van der Waals surface area contributed by atoms with Crippen LogP contribution in [0.5, 0.6) is 0 Å². The zero-order valence-electron chi connectivity index (χ0n) is 16.2. The maximum Gasteiger partial charge on any atom is 0.227 e. The van der Waals surface area contributed by atoms with Crippen molar-refractivity contribution in [2.45, 2.75) is 52.4 Å². The van der Waals surface area contributed by atoms with Gasteiger partial charge < -0.3 is 15.2 Å². The molecule has 7 heteroatoms.